The van der Waals surface area contributed by atoms with Crippen LogP contribution >= 0.6 is 0 Å². The second-order valence-corrected chi connectivity index (χ2v) is 6.01. The molecule has 2 aromatic rings. The first kappa shape index (κ1) is 12.5. The number of hydrogen-bond donors (Lipinski definition) is 0. The Morgan fingerprint density at radius 2 is 1.83 bits per heavy atom. The number of aromatic nitrogens is 2. The third kappa shape index (κ3) is 2.33. The molecule has 0 atom stereocenters. The lowest BCUT2D eigenvalue weighted by molar-refractivity contribution is 0.111. The topological polar surface area (TPSA) is 69.0 Å². The highest BCUT2D eigenvalue weighted by atomic mass is 32.2. The van der Waals surface area contributed by atoms with Crippen molar-refractivity contribution < 1.29 is 13.2 Å². The molecule has 0 saturated heterocycles. The van der Waals surface area contributed by atoms with Gasteiger partial charge in [0.25, 0.3) is 0 Å². The van der Waals surface area contributed by atoms with Crippen LogP contribution in [0.3, 0.4) is 0 Å². The van der Waals surface area contributed by atoms with Gasteiger partial charge in [-0.3, -0.25) is 9.48 Å². The second kappa shape index (κ2) is 4.38. The van der Waals surface area contributed by atoms with E-state index in [9.17, 15) is 13.2 Å². The maximum Gasteiger partial charge on any atom is 0.175 e. The first-order chi connectivity index (χ1) is 8.41. The van der Waals surface area contributed by atoms with Gasteiger partial charge in [0.2, 0.25) is 0 Å². The minimum atomic E-state index is -3.19. The summed E-state index contributed by atoms with van der Waals surface area (Å²) in [4.78, 5) is 11.0. The monoisotopic (exact) mass is 264 g/mol. The van der Waals surface area contributed by atoms with Crippen LogP contribution in [0.1, 0.15) is 10.5 Å². The van der Waals surface area contributed by atoms with Crippen molar-refractivity contribution in [2.75, 3.05) is 6.26 Å². The number of hydrogen-bond acceptors (Lipinski definition) is 4. The van der Waals surface area contributed by atoms with Gasteiger partial charge in [-0.05, 0) is 18.2 Å². The summed E-state index contributed by atoms with van der Waals surface area (Å²) in [5.41, 5.74) is 1.88. The van der Waals surface area contributed by atoms with Crippen molar-refractivity contribution in [1.82, 2.24) is 9.78 Å². The molecule has 0 bridgehead atoms. The van der Waals surface area contributed by atoms with E-state index in [1.165, 1.54) is 16.8 Å². The van der Waals surface area contributed by atoms with Gasteiger partial charge >= 0.3 is 0 Å². The Bertz CT molecular complexity index is 685. The number of carbonyl (C=O) groups is 1. The number of rotatable bonds is 3. The average molecular weight is 264 g/mol. The minimum absolute atomic E-state index is 0.262. The van der Waals surface area contributed by atoms with Crippen molar-refractivity contribution in [3.63, 3.8) is 0 Å². The Morgan fingerprint density at radius 1 is 1.22 bits per heavy atom. The molecular formula is C12H12N2O3S. The zero-order valence-corrected chi connectivity index (χ0v) is 10.8. The smallest absolute Gasteiger partial charge is 0.175 e. The van der Waals surface area contributed by atoms with Gasteiger partial charge in [-0.1, -0.05) is 12.1 Å². The van der Waals surface area contributed by atoms with Gasteiger partial charge in [0, 0.05) is 18.9 Å². The molecule has 1 aromatic carbocycles. The lowest BCUT2D eigenvalue weighted by Gasteiger charge is -1.99. The molecule has 0 unspecified atom stereocenters. The zero-order valence-electron chi connectivity index (χ0n) is 9.99. The quantitative estimate of drug-likeness (QED) is 0.784. The summed E-state index contributed by atoms with van der Waals surface area (Å²) in [5.74, 6) is 0. The first-order valence-corrected chi connectivity index (χ1v) is 7.10. The molecule has 2 rings (SSSR count). The Kier molecular flexibility index (Phi) is 3.04. The van der Waals surface area contributed by atoms with E-state index in [0.29, 0.717) is 11.4 Å². The number of nitrogens with zero attached hydrogens (tertiary/aromatic N) is 2. The van der Waals surface area contributed by atoms with Gasteiger partial charge < -0.3 is 0 Å². The lowest BCUT2D eigenvalue weighted by atomic mass is 10.1. The van der Waals surface area contributed by atoms with E-state index in [0.717, 1.165) is 18.1 Å². The molecule has 18 heavy (non-hydrogen) atoms. The largest absolute Gasteiger partial charge is 0.296 e. The maximum atomic E-state index is 11.3. The Morgan fingerprint density at radius 3 is 2.28 bits per heavy atom. The van der Waals surface area contributed by atoms with Crippen molar-refractivity contribution in [3.05, 3.63) is 36.0 Å². The normalized spacial score (nSPS) is 11.4. The summed E-state index contributed by atoms with van der Waals surface area (Å²) in [6.45, 7) is 0. The number of carbonyl (C=O) groups excluding carboxylic acids is 1. The van der Waals surface area contributed by atoms with Gasteiger partial charge in [0.1, 0.15) is 5.69 Å². The third-order valence-electron chi connectivity index (χ3n) is 2.61. The molecule has 0 fully saturated rings. The standard InChI is InChI=1S/C12H12N2O3S/c1-14-10(8-15)7-12(13-14)9-3-5-11(6-4-9)18(2,16)17/h3-8H,1-2H3. The minimum Gasteiger partial charge on any atom is -0.296 e. The Hall–Kier alpha value is -1.95. The Labute approximate surface area is 105 Å². The molecule has 0 saturated carbocycles. The van der Waals surface area contributed by atoms with E-state index in [1.54, 1.807) is 25.2 Å². The summed E-state index contributed by atoms with van der Waals surface area (Å²) in [7, 11) is -1.51. The Balaban J connectivity index is 2.43. The summed E-state index contributed by atoms with van der Waals surface area (Å²) in [6.07, 6.45) is 1.88. The van der Waals surface area contributed by atoms with Crippen LogP contribution in [-0.4, -0.2) is 30.7 Å². The zero-order chi connectivity index (χ0) is 13.3. The highest BCUT2D eigenvalue weighted by molar-refractivity contribution is 7.90. The molecule has 0 amide bonds. The highest BCUT2D eigenvalue weighted by Crippen LogP contribution is 2.20. The summed E-state index contributed by atoms with van der Waals surface area (Å²) in [6, 6.07) is 8.06. The number of benzene rings is 1. The summed E-state index contributed by atoms with van der Waals surface area (Å²) < 4.78 is 24.1. The van der Waals surface area contributed by atoms with E-state index in [2.05, 4.69) is 5.10 Å². The molecule has 0 aliphatic rings. The van der Waals surface area contributed by atoms with Crippen molar-refractivity contribution in [2.24, 2.45) is 7.05 Å². The molecule has 6 heteroatoms. The van der Waals surface area contributed by atoms with Crippen LogP contribution in [-0.2, 0) is 16.9 Å². The van der Waals surface area contributed by atoms with Crippen LogP contribution in [0.4, 0.5) is 0 Å². The van der Waals surface area contributed by atoms with Gasteiger partial charge in [-0.2, -0.15) is 5.10 Å². The van der Waals surface area contributed by atoms with Crippen molar-refractivity contribution in [3.8, 4) is 11.3 Å². The number of aryl methyl sites for hydroxylation is 1. The van der Waals surface area contributed by atoms with Crippen molar-refractivity contribution in [1.29, 1.82) is 0 Å². The molecule has 1 aromatic heterocycles. The molecule has 0 aliphatic carbocycles. The van der Waals surface area contributed by atoms with E-state index < -0.39 is 9.84 Å². The summed E-state index contributed by atoms with van der Waals surface area (Å²) in [5, 5.41) is 4.18. The SMILES string of the molecule is Cn1nc(-c2ccc(S(C)(=O)=O)cc2)cc1C=O. The molecular weight excluding hydrogens is 252 g/mol. The molecule has 94 valence electrons. The van der Waals surface area contributed by atoms with Crippen LogP contribution in [0.15, 0.2) is 35.2 Å². The third-order valence-corrected chi connectivity index (χ3v) is 3.74. The second-order valence-electron chi connectivity index (χ2n) is 3.99. The molecule has 0 aliphatic heterocycles. The molecule has 0 radical (unpaired) electrons. The van der Waals surface area contributed by atoms with Crippen LogP contribution in [0.25, 0.3) is 11.3 Å². The maximum absolute atomic E-state index is 11.3. The summed E-state index contributed by atoms with van der Waals surface area (Å²) >= 11 is 0. The molecule has 1 heterocycles. The van der Waals surface area contributed by atoms with Crippen molar-refractivity contribution in [2.45, 2.75) is 4.90 Å². The van der Waals surface area contributed by atoms with Crippen molar-refractivity contribution >= 4 is 16.1 Å². The molecule has 0 N–H and O–H groups in total. The van der Waals surface area contributed by atoms with E-state index in [1.807, 2.05) is 0 Å². The fourth-order valence-corrected chi connectivity index (χ4v) is 2.24. The predicted molar refractivity (Wildman–Crippen MR) is 67.1 cm³/mol. The van der Waals surface area contributed by atoms with Crippen LogP contribution in [0, 0.1) is 0 Å². The first-order valence-electron chi connectivity index (χ1n) is 5.21. The van der Waals surface area contributed by atoms with E-state index in [-0.39, 0.29) is 4.90 Å². The van der Waals surface area contributed by atoms with E-state index >= 15 is 0 Å². The average Bonchev–Trinajstić information content (AvgIpc) is 2.69. The number of aldehydes is 1. The fraction of sp³-hybridized carbons (Fsp3) is 0.167. The lowest BCUT2D eigenvalue weighted by Crippen LogP contribution is -1.97. The predicted octanol–water partition coefficient (Wildman–Crippen LogP) is 1.30. The molecule has 0 spiro atoms. The fourth-order valence-electron chi connectivity index (χ4n) is 1.61. The molecule has 5 nitrogen and oxygen atoms in total. The van der Waals surface area contributed by atoms with Gasteiger partial charge in [0.05, 0.1) is 10.6 Å². The van der Waals surface area contributed by atoms with Crippen LogP contribution < -0.4 is 0 Å². The number of sulfone groups is 1. The van der Waals surface area contributed by atoms with Crippen LogP contribution in [0.5, 0.6) is 0 Å². The van der Waals surface area contributed by atoms with E-state index in [4.69, 9.17) is 0 Å². The highest BCUT2D eigenvalue weighted by Gasteiger charge is 2.09. The van der Waals surface area contributed by atoms with Crippen LogP contribution in [0.2, 0.25) is 0 Å². The van der Waals surface area contributed by atoms with Gasteiger partial charge in [0.15, 0.2) is 16.1 Å². The van der Waals surface area contributed by atoms with Gasteiger partial charge in [-0.15, -0.1) is 0 Å². The van der Waals surface area contributed by atoms with Gasteiger partial charge in [-0.25, -0.2) is 8.42 Å².